The first-order valence-electron chi connectivity index (χ1n) is 25.1. The number of hydrogen-bond acceptors (Lipinski definition) is 4. The highest BCUT2D eigenvalue weighted by atomic mass is 28.3. The fraction of sp³-hybridized carbons (Fsp3) is 0.0606. The molecule has 2 aliphatic heterocycles. The lowest BCUT2D eigenvalue weighted by atomic mass is 10.0. The molecule has 15 rings (SSSR count). The van der Waals surface area contributed by atoms with Gasteiger partial charge >= 0.3 is 0 Å². The van der Waals surface area contributed by atoms with E-state index in [1.54, 1.807) is 0 Å². The van der Waals surface area contributed by atoms with Crippen LogP contribution in [-0.4, -0.2) is 16.1 Å². The van der Waals surface area contributed by atoms with E-state index in [0.717, 1.165) is 88.2 Å². The number of anilines is 6. The monoisotopic (exact) mass is 956 g/mol. The summed E-state index contributed by atoms with van der Waals surface area (Å²) in [4.78, 5) is 4.87. The van der Waals surface area contributed by atoms with E-state index in [1.165, 1.54) is 54.4 Å². The van der Waals surface area contributed by atoms with E-state index in [4.69, 9.17) is 8.83 Å². The smallest absolute Gasteiger partial charge is 0.139 e. The Labute approximate surface area is 419 Å². The van der Waals surface area contributed by atoms with Gasteiger partial charge in [0.2, 0.25) is 0 Å². The summed E-state index contributed by atoms with van der Waals surface area (Å²) in [7, 11) is -3.76. The van der Waals surface area contributed by atoms with Crippen LogP contribution in [0.3, 0.4) is 0 Å². The third kappa shape index (κ3) is 5.91. The van der Waals surface area contributed by atoms with Gasteiger partial charge in [-0.05, 0) is 144 Å². The molecule has 2 aromatic heterocycles. The van der Waals surface area contributed by atoms with Crippen LogP contribution in [0.25, 0.3) is 87.7 Å². The average Bonchev–Trinajstić information content (AvgIpc) is 4.08. The van der Waals surface area contributed by atoms with Crippen molar-refractivity contribution in [1.29, 1.82) is 0 Å². The molecular formula is C66H48N2O2Si2. The molecule has 0 bridgehead atoms. The number of rotatable bonds is 6. The molecule has 72 heavy (non-hydrogen) atoms. The highest BCUT2D eigenvalue weighted by molar-refractivity contribution is 7.04. The van der Waals surface area contributed by atoms with Gasteiger partial charge in [0, 0.05) is 61.5 Å². The topological polar surface area (TPSA) is 32.8 Å². The number of benzene rings is 11. The molecule has 4 nitrogen and oxygen atoms in total. The van der Waals surface area contributed by atoms with Crippen LogP contribution in [0.15, 0.2) is 227 Å². The van der Waals surface area contributed by atoms with Crippen LogP contribution in [0, 0.1) is 0 Å². The molecule has 342 valence electrons. The van der Waals surface area contributed by atoms with Gasteiger partial charge < -0.3 is 18.6 Å². The molecule has 0 radical (unpaired) electrons. The first kappa shape index (κ1) is 41.4. The standard InChI is InChI=1S/C66H48N2O2Si2/c1-71(2)61-25-13-11-21-49(61)65-55(23-15-27-63(65)71)67(45-17-7-5-8-18-45)47-31-29-41-35-51-53-39-54-52-36-42-30-32-48(34-44(42)38-58(52)70-60(54)40-59(53)69-57(51)37-43(41)33-47)68(46-19-9-6-10-20-46)56-24-16-28-64-66(56)50-22-12-14-26-62(50)72(64,3)4/h5-40H,1-4H3. The molecule has 0 fully saturated rings. The largest absolute Gasteiger partial charge is 0.456 e. The number of hydrogen-bond donors (Lipinski definition) is 0. The Kier molecular flexibility index (Phi) is 8.64. The van der Waals surface area contributed by atoms with Crippen LogP contribution >= 0.6 is 0 Å². The lowest BCUT2D eigenvalue weighted by Gasteiger charge is -2.29. The van der Waals surface area contributed by atoms with E-state index >= 15 is 0 Å². The number of para-hydroxylation sites is 2. The van der Waals surface area contributed by atoms with Gasteiger partial charge in [0.15, 0.2) is 0 Å². The van der Waals surface area contributed by atoms with Crippen LogP contribution in [0.5, 0.6) is 0 Å². The van der Waals surface area contributed by atoms with E-state index in [0.29, 0.717) is 0 Å². The maximum Gasteiger partial charge on any atom is 0.139 e. The number of fused-ring (bicyclic) bond motifs is 14. The summed E-state index contributed by atoms with van der Waals surface area (Å²) in [6, 6.07) is 80.6. The van der Waals surface area contributed by atoms with Crippen LogP contribution in [-0.2, 0) is 0 Å². The van der Waals surface area contributed by atoms with Crippen molar-refractivity contribution in [3.05, 3.63) is 218 Å². The van der Waals surface area contributed by atoms with Crippen LogP contribution in [0.2, 0.25) is 26.2 Å². The minimum Gasteiger partial charge on any atom is -0.456 e. The van der Waals surface area contributed by atoms with E-state index in [2.05, 4.69) is 254 Å². The Bertz CT molecular complexity index is 4140. The van der Waals surface area contributed by atoms with Crippen LogP contribution in [0.4, 0.5) is 34.1 Å². The molecule has 0 amide bonds. The summed E-state index contributed by atoms with van der Waals surface area (Å²) < 4.78 is 13.5. The molecule has 0 aliphatic carbocycles. The van der Waals surface area contributed by atoms with Crippen molar-refractivity contribution >= 4 is 136 Å². The summed E-state index contributed by atoms with van der Waals surface area (Å²) in [6.45, 7) is 9.93. The van der Waals surface area contributed by atoms with E-state index in [9.17, 15) is 0 Å². The zero-order valence-electron chi connectivity index (χ0n) is 40.5. The van der Waals surface area contributed by atoms with Gasteiger partial charge in [0.25, 0.3) is 0 Å². The molecule has 11 aromatic carbocycles. The molecule has 13 aromatic rings. The van der Waals surface area contributed by atoms with Gasteiger partial charge in [-0.1, -0.05) is 148 Å². The Hall–Kier alpha value is -8.43. The van der Waals surface area contributed by atoms with Crippen molar-refractivity contribution in [3.8, 4) is 22.3 Å². The van der Waals surface area contributed by atoms with E-state index in [-0.39, 0.29) is 0 Å². The molecule has 0 N–H and O–H groups in total. The molecule has 0 unspecified atom stereocenters. The quantitative estimate of drug-likeness (QED) is 0.156. The Morgan fingerprint density at radius 2 is 0.681 bits per heavy atom. The number of nitrogens with zero attached hydrogens (tertiary/aromatic N) is 2. The van der Waals surface area contributed by atoms with Crippen molar-refractivity contribution in [2.45, 2.75) is 26.2 Å². The van der Waals surface area contributed by atoms with Gasteiger partial charge in [0.05, 0.1) is 11.4 Å². The average molecular weight is 957 g/mol. The molecule has 0 saturated heterocycles. The summed E-state index contributed by atoms with van der Waals surface area (Å²) in [5.74, 6) is 0. The third-order valence-electron chi connectivity index (χ3n) is 16.1. The third-order valence-corrected chi connectivity index (χ3v) is 23.2. The zero-order chi connectivity index (χ0) is 48.0. The molecule has 0 atom stereocenters. The lowest BCUT2D eigenvalue weighted by Crippen LogP contribution is -2.49. The van der Waals surface area contributed by atoms with Gasteiger partial charge in [0.1, 0.15) is 38.5 Å². The fourth-order valence-electron chi connectivity index (χ4n) is 12.6. The molecule has 0 spiro atoms. The lowest BCUT2D eigenvalue weighted by molar-refractivity contribution is 0.656. The highest BCUT2D eigenvalue weighted by Gasteiger charge is 2.41. The first-order valence-corrected chi connectivity index (χ1v) is 31.1. The minimum absolute atomic E-state index is 0.817. The minimum atomic E-state index is -1.88. The number of furan rings is 2. The summed E-state index contributed by atoms with van der Waals surface area (Å²) in [6.07, 6.45) is 0. The molecular weight excluding hydrogens is 909 g/mol. The molecule has 2 aliphatic rings. The van der Waals surface area contributed by atoms with Crippen molar-refractivity contribution in [3.63, 3.8) is 0 Å². The SMILES string of the molecule is C[Si]1(C)c2ccccc2-c2c(N(c3ccccc3)c3ccc4cc5c(cc4c3)oc3cc4oc6cc7cc(N(c8ccccc8)c8cccc9c8-c8ccccc8[Si]9(C)C)ccc7cc6c4cc35)cccc21. The van der Waals surface area contributed by atoms with Gasteiger partial charge in [-0.2, -0.15) is 0 Å². The second-order valence-corrected chi connectivity index (χ2v) is 29.5. The van der Waals surface area contributed by atoms with Gasteiger partial charge in [-0.15, -0.1) is 0 Å². The van der Waals surface area contributed by atoms with E-state index < -0.39 is 16.1 Å². The predicted octanol–water partition coefficient (Wildman–Crippen LogP) is 16.3. The van der Waals surface area contributed by atoms with E-state index in [1.807, 2.05) is 0 Å². The second-order valence-electron chi connectivity index (χ2n) is 20.9. The fourth-order valence-corrected chi connectivity index (χ4v) is 18.8. The molecule has 0 saturated carbocycles. The Morgan fingerprint density at radius 3 is 1.14 bits per heavy atom. The van der Waals surface area contributed by atoms with Crippen LogP contribution < -0.4 is 30.5 Å². The summed E-state index contributed by atoms with van der Waals surface area (Å²) in [5, 5.41) is 14.9. The summed E-state index contributed by atoms with van der Waals surface area (Å²) in [5.41, 5.74) is 15.7. The summed E-state index contributed by atoms with van der Waals surface area (Å²) >= 11 is 0. The first-order chi connectivity index (χ1) is 35.2. The van der Waals surface area contributed by atoms with Crippen molar-refractivity contribution in [1.82, 2.24) is 0 Å². The zero-order valence-corrected chi connectivity index (χ0v) is 42.5. The van der Waals surface area contributed by atoms with Crippen molar-refractivity contribution in [2.24, 2.45) is 0 Å². The second kappa shape index (κ2) is 15.0. The van der Waals surface area contributed by atoms with Crippen LogP contribution in [0.1, 0.15) is 0 Å². The Morgan fingerprint density at radius 1 is 0.292 bits per heavy atom. The molecule has 4 heterocycles. The maximum atomic E-state index is 6.75. The molecule has 6 heteroatoms. The van der Waals surface area contributed by atoms with Crippen molar-refractivity contribution in [2.75, 3.05) is 9.80 Å². The van der Waals surface area contributed by atoms with Crippen molar-refractivity contribution < 1.29 is 8.83 Å². The van der Waals surface area contributed by atoms with Gasteiger partial charge in [-0.3, -0.25) is 0 Å². The highest BCUT2D eigenvalue weighted by Crippen LogP contribution is 2.47. The Balaban J connectivity index is 0.833. The van der Waals surface area contributed by atoms with Gasteiger partial charge in [-0.25, -0.2) is 0 Å². The maximum absolute atomic E-state index is 6.75. The predicted molar refractivity (Wildman–Crippen MR) is 310 cm³/mol. The normalized spacial score (nSPS) is 14.1.